The number of carbonyl (C=O) groups excluding carboxylic acids is 2. The molecule has 4 N–H and O–H groups in total. The summed E-state index contributed by atoms with van der Waals surface area (Å²) < 4.78 is 78.0. The molecule has 0 unspecified atom stereocenters. The molecule has 0 radical (unpaired) electrons. The quantitative estimate of drug-likeness (QED) is 0.0399. The van der Waals surface area contributed by atoms with Gasteiger partial charge in [-0.05, 0) is 134 Å². The Morgan fingerprint density at radius 2 is 1.00 bits per heavy atom. The van der Waals surface area contributed by atoms with Gasteiger partial charge in [-0.1, -0.05) is 91.3 Å². The van der Waals surface area contributed by atoms with E-state index in [2.05, 4.69) is 31.1 Å². The molecule has 0 aliphatic heterocycles. The summed E-state index contributed by atoms with van der Waals surface area (Å²) in [6, 6.07) is 35.4. The number of aromatic hydroxyl groups is 1. The third kappa shape index (κ3) is 14.1. The number of anilines is 2. The number of ether oxygens (including phenoxy) is 2. The Morgan fingerprint density at radius 3 is 1.45 bits per heavy atom. The molecule has 2 amide bonds. The minimum atomic E-state index is -4.79. The van der Waals surface area contributed by atoms with E-state index in [4.69, 9.17) is 32.7 Å². The second-order valence-electron chi connectivity index (χ2n) is 16.3. The van der Waals surface area contributed by atoms with Gasteiger partial charge in [0.2, 0.25) is 0 Å². The molecule has 0 fully saturated rings. The number of nitrogens with one attached hydrogen (secondary N) is 2. The number of halogens is 2. The predicted molar refractivity (Wildman–Crippen MR) is 294 cm³/mol. The van der Waals surface area contributed by atoms with Crippen LogP contribution in [0, 0.1) is 0 Å². The summed E-state index contributed by atoms with van der Waals surface area (Å²) in [5.74, 6) is -0.880. The van der Waals surface area contributed by atoms with Crippen molar-refractivity contribution in [1.29, 1.82) is 0 Å². The van der Waals surface area contributed by atoms with E-state index in [9.17, 15) is 45.7 Å². The van der Waals surface area contributed by atoms with Crippen molar-refractivity contribution in [2.75, 3.05) is 23.8 Å². The molecule has 0 aromatic heterocycles. The van der Waals surface area contributed by atoms with Gasteiger partial charge in [0, 0.05) is 27.7 Å². The Hall–Kier alpha value is -6.72. The first-order chi connectivity index (χ1) is 36.3. The number of amides is 2. The topological polar surface area (TPSA) is 281 Å². The van der Waals surface area contributed by atoms with Crippen molar-refractivity contribution in [2.45, 2.75) is 50.3 Å². The van der Waals surface area contributed by atoms with Gasteiger partial charge in [0.15, 0.2) is 5.75 Å². The van der Waals surface area contributed by atoms with Gasteiger partial charge in [0.05, 0.1) is 50.8 Å². The Bertz CT molecular complexity index is 3560. The molecule has 8 rings (SSSR count). The second-order valence-corrected chi connectivity index (χ2v) is 19.8. The minimum Gasteiger partial charge on any atom is -0.870 e. The third-order valence-electron chi connectivity index (χ3n) is 11.4. The zero-order valence-corrected chi connectivity index (χ0v) is 46.9. The molecule has 0 aliphatic rings. The van der Waals surface area contributed by atoms with Crippen molar-refractivity contribution in [2.24, 2.45) is 20.5 Å². The molecule has 0 aliphatic carbocycles. The molecule has 8 aromatic rings. The standard InChI is InChI=1S/2C27H24ClN3O6S.Ca/c2*1-3-19-22(13-14-23(24(19)28)38(34,35)36)30-31-25-20-8-6-5-7-16(20)15-21(26(25)32)27(33)29-17-9-11-18(12-10-17)37-4-2;/h2*5-15,32H,3-4H2,1-2H3,(H,29,33)(H,34,35,36);/q;;+2/p-2. The van der Waals surface area contributed by atoms with Crippen LogP contribution in [0.3, 0.4) is 0 Å². The number of phenolic OH excluding ortho intramolecular Hbond substituents is 1. The number of carbonyl (C=O) groups is 2. The second kappa shape index (κ2) is 26.1. The predicted octanol–water partition coefficient (Wildman–Crippen LogP) is 12.8. The van der Waals surface area contributed by atoms with Crippen LogP contribution < -0.4 is 25.2 Å². The van der Waals surface area contributed by atoms with Gasteiger partial charge in [0.1, 0.15) is 32.2 Å². The molecule has 8 aromatic carbocycles. The van der Waals surface area contributed by atoms with E-state index in [1.807, 2.05) is 13.8 Å². The summed E-state index contributed by atoms with van der Waals surface area (Å²) in [4.78, 5) is 25.2. The van der Waals surface area contributed by atoms with Gasteiger partial charge in [-0.15, -0.1) is 5.11 Å². The summed E-state index contributed by atoms with van der Waals surface area (Å²) in [5, 5.41) is 48.6. The maximum absolute atomic E-state index is 13.4. The number of benzene rings is 8. The molecule has 0 atom stereocenters. The van der Waals surface area contributed by atoms with Crippen molar-refractivity contribution >= 4 is 149 Å². The Kier molecular flexibility index (Phi) is 20.2. The van der Waals surface area contributed by atoms with Gasteiger partial charge < -0.3 is 34.9 Å². The van der Waals surface area contributed by atoms with E-state index >= 15 is 0 Å². The number of phenols is 1. The molecule has 0 saturated carbocycles. The van der Waals surface area contributed by atoms with Gasteiger partial charge in [-0.2, -0.15) is 23.8 Å². The maximum atomic E-state index is 13.4. The molecular weight excluding hydrogens is 1100 g/mol. The van der Waals surface area contributed by atoms with Crippen molar-refractivity contribution in [1.82, 2.24) is 0 Å². The minimum absolute atomic E-state index is 0. The van der Waals surface area contributed by atoms with Gasteiger partial charge in [-0.3, -0.25) is 14.1 Å². The summed E-state index contributed by atoms with van der Waals surface area (Å²) in [5.41, 5.74) is 1.90. The van der Waals surface area contributed by atoms with Crippen LogP contribution in [0.1, 0.15) is 59.5 Å². The Morgan fingerprint density at radius 1 is 0.584 bits per heavy atom. The number of nitrogens with zero attached hydrogens (tertiary/aromatic N) is 4. The zero-order chi connectivity index (χ0) is 54.9. The van der Waals surface area contributed by atoms with Crippen molar-refractivity contribution in [3.8, 4) is 23.0 Å². The van der Waals surface area contributed by atoms with Crippen LogP contribution in [0.2, 0.25) is 10.0 Å². The fraction of sp³-hybridized carbons (Fsp3) is 0.148. The molecular formula is C54H46CaCl2N6O12S2. The first-order valence-electron chi connectivity index (χ1n) is 23.2. The van der Waals surface area contributed by atoms with Crippen LogP contribution in [0.5, 0.6) is 23.0 Å². The van der Waals surface area contributed by atoms with Crippen LogP contribution >= 0.6 is 23.2 Å². The van der Waals surface area contributed by atoms with Crippen molar-refractivity contribution in [3.63, 3.8) is 0 Å². The largest absolute Gasteiger partial charge is 2.00 e. The molecule has 0 saturated heterocycles. The van der Waals surface area contributed by atoms with Crippen LogP contribution in [-0.2, 0) is 33.1 Å². The summed E-state index contributed by atoms with van der Waals surface area (Å²) in [7, 11) is -9.32. The van der Waals surface area contributed by atoms with E-state index in [0.29, 0.717) is 69.6 Å². The molecule has 23 heteroatoms. The summed E-state index contributed by atoms with van der Waals surface area (Å²) >= 11 is 12.4. The smallest absolute Gasteiger partial charge is 0.870 e. The van der Waals surface area contributed by atoms with Gasteiger partial charge in [0.25, 0.3) is 21.9 Å². The monoisotopic (exact) mass is 1140 g/mol. The molecule has 0 spiro atoms. The van der Waals surface area contributed by atoms with E-state index < -0.39 is 47.6 Å². The summed E-state index contributed by atoms with van der Waals surface area (Å²) in [6.45, 7) is 8.22. The van der Waals surface area contributed by atoms with Crippen molar-refractivity contribution < 1.29 is 55.2 Å². The van der Waals surface area contributed by atoms with Gasteiger partial charge in [-0.25, -0.2) is 8.42 Å². The Balaban J connectivity index is 0.000000246. The normalized spacial score (nSPS) is 11.5. The van der Waals surface area contributed by atoms with Crippen LogP contribution in [0.25, 0.3) is 21.5 Å². The maximum Gasteiger partial charge on any atom is 2.00 e. The Labute approximate surface area is 483 Å². The van der Waals surface area contributed by atoms with E-state index in [0.717, 1.165) is 12.1 Å². The number of rotatable bonds is 16. The van der Waals surface area contributed by atoms with Crippen LogP contribution in [-0.4, -0.2) is 93.8 Å². The van der Waals surface area contributed by atoms with Crippen LogP contribution in [0.4, 0.5) is 34.1 Å². The number of hydrogen-bond donors (Lipinski definition) is 4. The molecule has 0 heterocycles. The molecule has 18 nitrogen and oxygen atoms in total. The van der Waals surface area contributed by atoms with Crippen LogP contribution in [0.15, 0.2) is 164 Å². The fourth-order valence-electron chi connectivity index (χ4n) is 7.81. The molecule has 0 bridgehead atoms. The first-order valence-corrected chi connectivity index (χ1v) is 26.8. The van der Waals surface area contributed by atoms with E-state index in [-0.39, 0.29) is 99.4 Å². The molecule has 392 valence electrons. The zero-order valence-electron chi connectivity index (χ0n) is 41.6. The molecule has 77 heavy (non-hydrogen) atoms. The van der Waals surface area contributed by atoms with E-state index in [1.165, 1.54) is 18.2 Å². The number of fused-ring (bicyclic) bond motifs is 2. The number of azo groups is 2. The SMILES string of the molecule is CCOc1ccc(NC(=O)c2cc3ccccc3c(N=Nc3ccc(S(=O)(=O)O)c(Cl)c3CC)c2O)cc1.CCOc1ccc(NC(=O)c2cc3ccccc3c(N=Nc3ccc(S(=O)(=O)[O-])c(Cl)c3CC)c2[O-])cc1.[Ca+2]. The fourth-order valence-corrected chi connectivity index (χ4v) is 10.1. The number of hydrogen-bond acceptors (Lipinski definition) is 15. The average molecular weight is 1150 g/mol. The van der Waals surface area contributed by atoms with Gasteiger partial charge >= 0.3 is 37.7 Å². The third-order valence-corrected chi connectivity index (χ3v) is 14.3. The van der Waals surface area contributed by atoms with E-state index in [1.54, 1.807) is 117 Å². The first kappa shape index (κ1) is 59.5. The summed E-state index contributed by atoms with van der Waals surface area (Å²) in [6.07, 6.45) is 0.555. The van der Waals surface area contributed by atoms with Crippen molar-refractivity contribution in [3.05, 3.63) is 166 Å². The average Bonchev–Trinajstić information content (AvgIpc) is 3.40.